The van der Waals surface area contributed by atoms with E-state index in [9.17, 15) is 19.2 Å². The van der Waals surface area contributed by atoms with Crippen LogP contribution in [0.15, 0.2) is 78.9 Å². The van der Waals surface area contributed by atoms with E-state index in [4.69, 9.17) is 4.74 Å². The van der Waals surface area contributed by atoms with Crippen molar-refractivity contribution in [3.05, 3.63) is 95.6 Å². The summed E-state index contributed by atoms with van der Waals surface area (Å²) >= 11 is 0. The van der Waals surface area contributed by atoms with Gasteiger partial charge in [-0.3, -0.25) is 19.3 Å². The number of benzene rings is 3. The van der Waals surface area contributed by atoms with Crippen LogP contribution in [0.2, 0.25) is 0 Å². The number of ether oxygens (including phenoxy) is 1. The number of nitrogens with zero attached hydrogens (tertiary/aromatic N) is 2. The van der Waals surface area contributed by atoms with Gasteiger partial charge in [-0.05, 0) is 47.6 Å². The molecule has 0 radical (unpaired) electrons. The molecule has 2 aliphatic heterocycles. The molecule has 3 aromatic rings. The Kier molecular flexibility index (Phi) is 7.33. The molecule has 2 heterocycles. The van der Waals surface area contributed by atoms with Crippen LogP contribution in [-0.4, -0.2) is 52.3 Å². The average Bonchev–Trinajstić information content (AvgIpc) is 3.45. The van der Waals surface area contributed by atoms with Crippen LogP contribution < -0.4 is 0 Å². The molecule has 3 aromatic carbocycles. The largest absolute Gasteiger partial charge is 0.447 e. The Morgan fingerprint density at radius 1 is 0.821 bits per heavy atom. The van der Waals surface area contributed by atoms with Crippen molar-refractivity contribution in [1.82, 2.24) is 9.80 Å². The summed E-state index contributed by atoms with van der Waals surface area (Å²) in [7, 11) is 0. The average molecular weight is 525 g/mol. The van der Waals surface area contributed by atoms with Crippen molar-refractivity contribution in [2.45, 2.75) is 45.7 Å². The lowest BCUT2D eigenvalue weighted by Crippen LogP contribution is -2.47. The van der Waals surface area contributed by atoms with Gasteiger partial charge in [0, 0.05) is 12.0 Å². The minimum Gasteiger partial charge on any atom is -0.447 e. The van der Waals surface area contributed by atoms with Gasteiger partial charge in [0.25, 0.3) is 11.8 Å². The molecule has 0 spiro atoms. The van der Waals surface area contributed by atoms with Gasteiger partial charge in [0.05, 0.1) is 17.2 Å². The summed E-state index contributed by atoms with van der Waals surface area (Å²) in [6.45, 7) is 5.80. The van der Waals surface area contributed by atoms with Crippen molar-refractivity contribution >= 4 is 23.8 Å². The molecule has 7 nitrogen and oxygen atoms in total. The number of carbonyl (C=O) groups is 4. The Bertz CT molecular complexity index is 1360. The summed E-state index contributed by atoms with van der Waals surface area (Å²) in [6, 6.07) is 23.9. The fraction of sp³-hybridized carbons (Fsp3) is 0.312. The van der Waals surface area contributed by atoms with Gasteiger partial charge in [-0.1, -0.05) is 87.5 Å². The zero-order chi connectivity index (χ0) is 27.7. The van der Waals surface area contributed by atoms with Crippen LogP contribution in [0.5, 0.6) is 0 Å². The lowest BCUT2D eigenvalue weighted by Gasteiger charge is -2.31. The first-order valence-corrected chi connectivity index (χ1v) is 13.4. The summed E-state index contributed by atoms with van der Waals surface area (Å²) in [4.78, 5) is 55.3. The lowest BCUT2D eigenvalue weighted by atomic mass is 9.92. The molecule has 2 aliphatic rings. The molecule has 200 valence electrons. The Balaban J connectivity index is 1.42. The van der Waals surface area contributed by atoms with E-state index in [1.165, 1.54) is 9.80 Å². The fourth-order valence-corrected chi connectivity index (χ4v) is 5.48. The maximum Gasteiger partial charge on any atom is 0.416 e. The minimum absolute atomic E-state index is 0.0442. The van der Waals surface area contributed by atoms with Crippen LogP contribution in [-0.2, 0) is 16.0 Å². The van der Waals surface area contributed by atoms with Crippen LogP contribution in [0.25, 0.3) is 11.1 Å². The SMILES string of the molecule is CC(C)[C@@H]1COC(=O)N1C(=O)[C@H](C)C[C@@H](Cc1ccc(-c2ccccc2)cc1)N1C(=O)c2ccccc2C1=O. The van der Waals surface area contributed by atoms with Gasteiger partial charge in [0.2, 0.25) is 5.91 Å². The zero-order valence-electron chi connectivity index (χ0n) is 22.4. The Morgan fingerprint density at radius 2 is 1.38 bits per heavy atom. The fourth-order valence-electron chi connectivity index (χ4n) is 5.48. The lowest BCUT2D eigenvalue weighted by molar-refractivity contribution is -0.134. The molecule has 0 bridgehead atoms. The second-order valence-corrected chi connectivity index (χ2v) is 10.7. The van der Waals surface area contributed by atoms with Crippen molar-refractivity contribution in [3.8, 4) is 11.1 Å². The first-order valence-electron chi connectivity index (χ1n) is 13.4. The molecule has 1 saturated heterocycles. The predicted octanol–water partition coefficient (Wildman–Crippen LogP) is 5.59. The van der Waals surface area contributed by atoms with Gasteiger partial charge in [-0.25, -0.2) is 9.69 Å². The number of rotatable bonds is 8. The van der Waals surface area contributed by atoms with Crippen LogP contribution in [0.1, 0.15) is 53.5 Å². The molecule has 0 aliphatic carbocycles. The highest BCUT2D eigenvalue weighted by atomic mass is 16.6. The zero-order valence-corrected chi connectivity index (χ0v) is 22.4. The van der Waals surface area contributed by atoms with E-state index in [-0.39, 0.29) is 42.7 Å². The Labute approximate surface area is 228 Å². The summed E-state index contributed by atoms with van der Waals surface area (Å²) in [5.74, 6) is -1.64. The Hall–Kier alpha value is -4.26. The third-order valence-corrected chi connectivity index (χ3v) is 7.68. The molecule has 7 heteroatoms. The molecule has 4 amide bonds. The van der Waals surface area contributed by atoms with E-state index < -0.39 is 18.1 Å². The molecule has 0 saturated carbocycles. The van der Waals surface area contributed by atoms with Crippen LogP contribution in [0.3, 0.4) is 0 Å². The highest BCUT2D eigenvalue weighted by Crippen LogP contribution is 2.31. The van der Waals surface area contributed by atoms with Gasteiger partial charge < -0.3 is 4.74 Å². The van der Waals surface area contributed by atoms with Crippen molar-refractivity contribution in [2.24, 2.45) is 11.8 Å². The van der Waals surface area contributed by atoms with Gasteiger partial charge in [0.15, 0.2) is 0 Å². The summed E-state index contributed by atoms with van der Waals surface area (Å²) in [6.07, 6.45) is -0.0328. The van der Waals surface area contributed by atoms with Crippen LogP contribution in [0.4, 0.5) is 4.79 Å². The minimum atomic E-state index is -0.640. The summed E-state index contributed by atoms with van der Waals surface area (Å²) in [5.41, 5.74) is 3.84. The normalized spacial score (nSPS) is 18.4. The van der Waals surface area contributed by atoms with E-state index in [1.807, 2.05) is 68.4 Å². The number of imide groups is 2. The van der Waals surface area contributed by atoms with E-state index >= 15 is 0 Å². The van der Waals surface area contributed by atoms with Gasteiger partial charge >= 0.3 is 6.09 Å². The number of cyclic esters (lactones) is 1. The second-order valence-electron chi connectivity index (χ2n) is 10.7. The predicted molar refractivity (Wildman–Crippen MR) is 147 cm³/mol. The van der Waals surface area contributed by atoms with Gasteiger partial charge in [0.1, 0.15) is 6.61 Å². The van der Waals surface area contributed by atoms with E-state index in [0.717, 1.165) is 16.7 Å². The third kappa shape index (κ3) is 5.09. The smallest absolute Gasteiger partial charge is 0.416 e. The number of hydrogen-bond donors (Lipinski definition) is 0. The quantitative estimate of drug-likeness (QED) is 0.359. The number of fused-ring (bicyclic) bond motifs is 1. The van der Waals surface area contributed by atoms with Crippen molar-refractivity contribution in [3.63, 3.8) is 0 Å². The molecular weight excluding hydrogens is 492 g/mol. The third-order valence-electron chi connectivity index (χ3n) is 7.68. The molecule has 0 aromatic heterocycles. The maximum absolute atomic E-state index is 13.5. The van der Waals surface area contributed by atoms with E-state index in [0.29, 0.717) is 17.5 Å². The van der Waals surface area contributed by atoms with Crippen molar-refractivity contribution in [2.75, 3.05) is 6.61 Å². The van der Waals surface area contributed by atoms with Gasteiger partial charge in [-0.2, -0.15) is 0 Å². The first kappa shape index (κ1) is 26.4. The molecule has 0 unspecified atom stereocenters. The second kappa shape index (κ2) is 10.8. The van der Waals surface area contributed by atoms with Crippen molar-refractivity contribution < 1.29 is 23.9 Å². The monoisotopic (exact) mass is 524 g/mol. The van der Waals surface area contributed by atoms with E-state index in [1.54, 1.807) is 31.2 Å². The summed E-state index contributed by atoms with van der Waals surface area (Å²) < 4.78 is 5.18. The van der Waals surface area contributed by atoms with Crippen molar-refractivity contribution in [1.29, 1.82) is 0 Å². The molecule has 39 heavy (non-hydrogen) atoms. The standard InChI is InChI=1S/C32H32N2O5/c1-20(2)28-19-39-32(38)34(28)29(35)21(3)17-25(33-30(36)26-11-7-8-12-27(26)31(33)37)18-22-13-15-24(16-14-22)23-9-5-4-6-10-23/h4-16,20-21,25,28H,17-19H2,1-3H3/t21-,25+,28+/m1/s1. The number of hydrogen-bond acceptors (Lipinski definition) is 5. The first-order chi connectivity index (χ1) is 18.8. The maximum atomic E-state index is 13.5. The summed E-state index contributed by atoms with van der Waals surface area (Å²) in [5, 5.41) is 0. The highest BCUT2D eigenvalue weighted by molar-refractivity contribution is 6.21. The highest BCUT2D eigenvalue weighted by Gasteiger charge is 2.44. The molecule has 0 N–H and O–H groups in total. The molecule has 1 fully saturated rings. The topological polar surface area (TPSA) is 84.0 Å². The molecule has 5 rings (SSSR count). The molecule has 3 atom stereocenters. The Morgan fingerprint density at radius 3 is 1.97 bits per heavy atom. The molecular formula is C32H32N2O5. The van der Waals surface area contributed by atoms with Crippen LogP contribution >= 0.6 is 0 Å². The van der Waals surface area contributed by atoms with Gasteiger partial charge in [-0.15, -0.1) is 0 Å². The van der Waals surface area contributed by atoms with E-state index in [2.05, 4.69) is 0 Å². The number of carbonyl (C=O) groups excluding carboxylic acids is 4. The van der Waals surface area contributed by atoms with Crippen LogP contribution in [0, 0.1) is 11.8 Å². The number of amides is 4.